The van der Waals surface area contributed by atoms with E-state index < -0.39 is 0 Å². The summed E-state index contributed by atoms with van der Waals surface area (Å²) in [6.07, 6.45) is 1.57. The van der Waals surface area contributed by atoms with Gasteiger partial charge in [-0.2, -0.15) is 0 Å². The Kier molecular flexibility index (Phi) is 3.40. The zero-order valence-corrected chi connectivity index (χ0v) is 10.6. The minimum Gasteiger partial charge on any atom is -0.389 e. The second-order valence-corrected chi connectivity index (χ2v) is 5.13. The quantitative estimate of drug-likeness (QED) is 0.915. The third-order valence-electron chi connectivity index (χ3n) is 1.96. The number of nitrogen functional groups attached to an aromatic ring is 1. The molecule has 1 heterocycles. The van der Waals surface area contributed by atoms with Crippen molar-refractivity contribution in [3.05, 3.63) is 40.2 Å². The molecule has 0 saturated carbocycles. The molecular weight excluding hydrogens is 293 g/mol. The largest absolute Gasteiger partial charge is 0.389 e. The topological polar surface area (TPSA) is 50.9 Å². The molecule has 84 valence electrons. The number of benzene rings is 1. The minimum absolute atomic E-state index is 0.236. The molecule has 3 N–H and O–H groups in total. The summed E-state index contributed by atoms with van der Waals surface area (Å²) in [4.78, 5) is 4.03. The zero-order valence-electron chi connectivity index (χ0n) is 8.21. The molecule has 0 radical (unpaired) electrons. The average Bonchev–Trinajstić information content (AvgIpc) is 2.66. The first kappa shape index (κ1) is 11.3. The van der Waals surface area contributed by atoms with Gasteiger partial charge in [-0.05, 0) is 18.2 Å². The first-order valence-corrected chi connectivity index (χ1v) is 6.15. The fourth-order valence-corrected chi connectivity index (χ4v) is 2.20. The number of anilines is 2. The van der Waals surface area contributed by atoms with Gasteiger partial charge in [-0.15, -0.1) is 0 Å². The Labute approximate surface area is 105 Å². The van der Waals surface area contributed by atoms with Crippen LogP contribution in [0.5, 0.6) is 0 Å². The average molecular weight is 302 g/mol. The highest BCUT2D eigenvalue weighted by molar-refractivity contribution is 9.10. The number of nitrogens with two attached hydrogens (primary N) is 1. The lowest BCUT2D eigenvalue weighted by molar-refractivity contribution is 0.612. The molecular formula is C10H9BrFN3S. The Morgan fingerprint density at radius 2 is 2.31 bits per heavy atom. The van der Waals surface area contributed by atoms with Crippen LogP contribution in [0.15, 0.2) is 28.9 Å². The third kappa shape index (κ3) is 2.70. The summed E-state index contributed by atoms with van der Waals surface area (Å²) in [5, 5.41) is 4.34. The highest BCUT2D eigenvalue weighted by atomic mass is 79.9. The van der Waals surface area contributed by atoms with Crippen molar-refractivity contribution in [2.75, 3.05) is 11.1 Å². The molecule has 0 aliphatic heterocycles. The number of halogens is 2. The Morgan fingerprint density at radius 3 is 3.00 bits per heavy atom. The lowest BCUT2D eigenvalue weighted by Gasteiger charge is -2.04. The minimum atomic E-state index is -0.236. The van der Waals surface area contributed by atoms with Crippen LogP contribution in [-0.2, 0) is 6.54 Å². The van der Waals surface area contributed by atoms with Crippen LogP contribution in [0.25, 0.3) is 0 Å². The number of aromatic nitrogens is 1. The van der Waals surface area contributed by atoms with Crippen LogP contribution in [0.3, 0.4) is 0 Å². The SMILES string of the molecule is Nc1cnc(NCc2cc(Br)ccc2F)s1. The maximum Gasteiger partial charge on any atom is 0.184 e. The van der Waals surface area contributed by atoms with Gasteiger partial charge in [0, 0.05) is 16.6 Å². The molecule has 0 saturated heterocycles. The van der Waals surface area contributed by atoms with Crippen molar-refractivity contribution in [3.63, 3.8) is 0 Å². The smallest absolute Gasteiger partial charge is 0.184 e. The molecule has 6 heteroatoms. The maximum atomic E-state index is 13.4. The van der Waals surface area contributed by atoms with E-state index in [2.05, 4.69) is 26.2 Å². The van der Waals surface area contributed by atoms with Crippen molar-refractivity contribution in [3.8, 4) is 0 Å². The zero-order chi connectivity index (χ0) is 11.5. The Bertz CT molecular complexity index is 501. The van der Waals surface area contributed by atoms with E-state index in [0.717, 1.165) is 4.47 Å². The molecule has 0 aliphatic rings. The third-order valence-corrected chi connectivity index (χ3v) is 3.24. The van der Waals surface area contributed by atoms with Crippen molar-refractivity contribution in [1.29, 1.82) is 0 Å². The van der Waals surface area contributed by atoms with Crippen molar-refractivity contribution < 1.29 is 4.39 Å². The fourth-order valence-electron chi connectivity index (χ4n) is 1.22. The van der Waals surface area contributed by atoms with E-state index in [9.17, 15) is 4.39 Å². The van der Waals surface area contributed by atoms with Gasteiger partial charge in [-0.3, -0.25) is 0 Å². The van der Waals surface area contributed by atoms with Crippen molar-refractivity contribution >= 4 is 37.4 Å². The number of thiazole rings is 1. The van der Waals surface area contributed by atoms with E-state index in [4.69, 9.17) is 5.73 Å². The number of hydrogen-bond acceptors (Lipinski definition) is 4. The van der Waals surface area contributed by atoms with E-state index in [1.807, 2.05) is 0 Å². The van der Waals surface area contributed by atoms with Gasteiger partial charge in [0.2, 0.25) is 0 Å². The number of rotatable bonds is 3. The van der Waals surface area contributed by atoms with E-state index in [-0.39, 0.29) is 5.82 Å². The molecule has 0 amide bonds. The molecule has 16 heavy (non-hydrogen) atoms. The van der Waals surface area contributed by atoms with Gasteiger partial charge in [0.05, 0.1) is 6.20 Å². The van der Waals surface area contributed by atoms with Crippen LogP contribution in [0.2, 0.25) is 0 Å². The fraction of sp³-hybridized carbons (Fsp3) is 0.100. The van der Waals surface area contributed by atoms with Gasteiger partial charge >= 0.3 is 0 Å². The number of nitrogens with one attached hydrogen (secondary N) is 1. The molecule has 3 nitrogen and oxygen atoms in total. The predicted molar refractivity (Wildman–Crippen MR) is 68.0 cm³/mol. The monoisotopic (exact) mass is 301 g/mol. The molecule has 0 atom stereocenters. The molecule has 1 aromatic heterocycles. The summed E-state index contributed by atoms with van der Waals surface area (Å²) >= 11 is 4.64. The van der Waals surface area contributed by atoms with Crippen LogP contribution in [0, 0.1) is 5.82 Å². The van der Waals surface area contributed by atoms with Crippen LogP contribution in [0.1, 0.15) is 5.56 Å². The summed E-state index contributed by atoms with van der Waals surface area (Å²) in [5.41, 5.74) is 6.12. The second-order valence-electron chi connectivity index (χ2n) is 3.16. The normalized spacial score (nSPS) is 10.4. The second kappa shape index (κ2) is 4.80. The van der Waals surface area contributed by atoms with E-state index in [1.165, 1.54) is 17.4 Å². The van der Waals surface area contributed by atoms with E-state index in [0.29, 0.717) is 22.2 Å². The van der Waals surface area contributed by atoms with Crippen LogP contribution >= 0.6 is 27.3 Å². The molecule has 2 aromatic rings. The Balaban J connectivity index is 2.07. The van der Waals surface area contributed by atoms with Crippen molar-refractivity contribution in [2.24, 2.45) is 0 Å². The van der Waals surface area contributed by atoms with Gasteiger partial charge in [-0.25, -0.2) is 9.37 Å². The van der Waals surface area contributed by atoms with Crippen molar-refractivity contribution in [1.82, 2.24) is 4.98 Å². The molecule has 0 bridgehead atoms. The molecule has 1 aromatic carbocycles. The number of nitrogens with zero attached hydrogens (tertiary/aromatic N) is 1. The summed E-state index contributed by atoms with van der Waals surface area (Å²) < 4.78 is 14.2. The Hall–Kier alpha value is -1.14. The van der Waals surface area contributed by atoms with E-state index >= 15 is 0 Å². The van der Waals surface area contributed by atoms with Gasteiger partial charge in [0.15, 0.2) is 5.13 Å². The summed E-state index contributed by atoms with van der Waals surface area (Å²) in [5.74, 6) is -0.236. The summed E-state index contributed by atoms with van der Waals surface area (Å²) in [6, 6.07) is 4.83. The molecule has 0 fully saturated rings. The van der Waals surface area contributed by atoms with Gasteiger partial charge in [0.1, 0.15) is 10.8 Å². The van der Waals surface area contributed by atoms with Gasteiger partial charge < -0.3 is 11.1 Å². The van der Waals surface area contributed by atoms with Crippen molar-refractivity contribution in [2.45, 2.75) is 6.54 Å². The lowest BCUT2D eigenvalue weighted by Crippen LogP contribution is -2.01. The summed E-state index contributed by atoms with van der Waals surface area (Å²) in [6.45, 7) is 0.387. The standard InChI is InChI=1S/C10H9BrFN3S/c11-7-1-2-8(12)6(3-7)4-14-10-15-5-9(13)16-10/h1-3,5H,4,13H2,(H,14,15). The molecule has 2 rings (SSSR count). The first-order valence-electron chi connectivity index (χ1n) is 4.54. The molecule has 0 aliphatic carbocycles. The highest BCUT2D eigenvalue weighted by Gasteiger charge is 2.04. The lowest BCUT2D eigenvalue weighted by atomic mass is 10.2. The van der Waals surface area contributed by atoms with Crippen LogP contribution in [0.4, 0.5) is 14.5 Å². The maximum absolute atomic E-state index is 13.4. The van der Waals surface area contributed by atoms with Gasteiger partial charge in [0.25, 0.3) is 0 Å². The van der Waals surface area contributed by atoms with Gasteiger partial charge in [-0.1, -0.05) is 27.3 Å². The predicted octanol–water partition coefficient (Wildman–Crippen LogP) is 3.24. The van der Waals surface area contributed by atoms with E-state index in [1.54, 1.807) is 18.3 Å². The molecule has 0 spiro atoms. The van der Waals surface area contributed by atoms with Crippen LogP contribution < -0.4 is 11.1 Å². The Morgan fingerprint density at radius 1 is 1.50 bits per heavy atom. The first-order chi connectivity index (χ1) is 7.65. The summed E-state index contributed by atoms with van der Waals surface area (Å²) in [7, 11) is 0. The van der Waals surface area contributed by atoms with Crippen LogP contribution in [-0.4, -0.2) is 4.98 Å². The highest BCUT2D eigenvalue weighted by Crippen LogP contribution is 2.21. The molecule has 0 unspecified atom stereocenters. The number of hydrogen-bond donors (Lipinski definition) is 2.